The summed E-state index contributed by atoms with van der Waals surface area (Å²) in [4.78, 5) is 26.2. The predicted octanol–water partition coefficient (Wildman–Crippen LogP) is 1.79. The molecule has 1 aliphatic heterocycles. The lowest BCUT2D eigenvalue weighted by Crippen LogP contribution is -2.33. The molecule has 0 radical (unpaired) electrons. The summed E-state index contributed by atoms with van der Waals surface area (Å²) in [5.41, 5.74) is 1.80. The van der Waals surface area contributed by atoms with Crippen molar-refractivity contribution in [2.24, 2.45) is 5.92 Å². The van der Waals surface area contributed by atoms with Crippen LogP contribution >= 0.6 is 0 Å². The fourth-order valence-electron chi connectivity index (χ4n) is 2.89. The Labute approximate surface area is 145 Å². The molecule has 1 aromatic carbocycles. The number of aromatic nitrogens is 1. The van der Waals surface area contributed by atoms with Gasteiger partial charge in [-0.2, -0.15) is 0 Å². The minimum absolute atomic E-state index is 0.0326. The van der Waals surface area contributed by atoms with E-state index in [1.54, 1.807) is 36.6 Å². The van der Waals surface area contributed by atoms with Crippen molar-refractivity contribution in [1.29, 1.82) is 0 Å². The number of hydrogen-bond acceptors (Lipinski definition) is 5. The van der Waals surface area contributed by atoms with Crippen LogP contribution < -0.4 is 15.0 Å². The molecule has 2 aromatic rings. The summed E-state index contributed by atoms with van der Waals surface area (Å²) in [6.45, 7) is 0.972. The summed E-state index contributed by atoms with van der Waals surface area (Å²) in [7, 11) is 1.60. The molecule has 1 fully saturated rings. The van der Waals surface area contributed by atoms with Gasteiger partial charge in [-0.3, -0.25) is 9.59 Å². The topological polar surface area (TPSA) is 84.7 Å². The number of anilines is 1. The molecule has 132 valence electrons. The number of hydrogen-bond donors (Lipinski definition) is 1. The molecular weight excluding hydrogens is 322 g/mol. The van der Waals surface area contributed by atoms with E-state index < -0.39 is 0 Å². The molecule has 7 nitrogen and oxygen atoms in total. The molecule has 0 saturated carbocycles. The molecule has 0 spiro atoms. The lowest BCUT2D eigenvalue weighted by atomic mass is 10.1. The highest BCUT2D eigenvalue weighted by Crippen LogP contribution is 2.26. The maximum atomic E-state index is 12.3. The highest BCUT2D eigenvalue weighted by atomic mass is 16.5. The Morgan fingerprint density at radius 3 is 2.88 bits per heavy atom. The molecule has 1 N–H and O–H groups in total. The monoisotopic (exact) mass is 343 g/mol. The number of ether oxygens (including phenoxy) is 1. The van der Waals surface area contributed by atoms with E-state index in [9.17, 15) is 9.59 Å². The quantitative estimate of drug-likeness (QED) is 0.775. The Balaban J connectivity index is 1.48. The van der Waals surface area contributed by atoms with Crippen LogP contribution in [0.3, 0.4) is 0 Å². The van der Waals surface area contributed by atoms with Gasteiger partial charge in [-0.05, 0) is 37.1 Å². The van der Waals surface area contributed by atoms with Crippen molar-refractivity contribution in [3.63, 3.8) is 0 Å². The van der Waals surface area contributed by atoms with Gasteiger partial charge in [0.15, 0.2) is 0 Å². The van der Waals surface area contributed by atoms with Gasteiger partial charge in [0.05, 0.1) is 19.2 Å². The lowest BCUT2D eigenvalue weighted by Gasteiger charge is -2.17. The standard InChI is InChI=1S/C18H21N3O4/c1-24-16-6-4-15(5-7-16)21-11-14(9-17(21)22)18(23)19-8-2-3-13-10-20-25-12-13/h4-7,10,12,14H,2-3,8-9,11H2,1H3,(H,19,23). The molecule has 1 aromatic heterocycles. The number of aryl methyl sites for hydroxylation is 1. The molecule has 0 bridgehead atoms. The molecule has 1 saturated heterocycles. The van der Waals surface area contributed by atoms with Crippen LogP contribution in [-0.2, 0) is 16.0 Å². The molecule has 25 heavy (non-hydrogen) atoms. The van der Waals surface area contributed by atoms with E-state index >= 15 is 0 Å². The SMILES string of the molecule is COc1ccc(N2CC(C(=O)NCCCc3cnoc3)CC2=O)cc1. The normalized spacial score (nSPS) is 16.9. The Morgan fingerprint density at radius 1 is 1.40 bits per heavy atom. The summed E-state index contributed by atoms with van der Waals surface area (Å²) >= 11 is 0. The summed E-state index contributed by atoms with van der Waals surface area (Å²) in [5.74, 6) is 0.312. The minimum Gasteiger partial charge on any atom is -0.497 e. The van der Waals surface area contributed by atoms with Crippen LogP contribution in [0.1, 0.15) is 18.4 Å². The van der Waals surface area contributed by atoms with Gasteiger partial charge in [0, 0.05) is 30.8 Å². The van der Waals surface area contributed by atoms with Crippen molar-refractivity contribution in [3.05, 3.63) is 42.3 Å². The van der Waals surface area contributed by atoms with Crippen LogP contribution in [-0.4, -0.2) is 37.2 Å². The minimum atomic E-state index is -0.315. The first kappa shape index (κ1) is 17.0. The van der Waals surface area contributed by atoms with E-state index in [-0.39, 0.29) is 24.2 Å². The van der Waals surface area contributed by atoms with Crippen LogP contribution in [0.5, 0.6) is 5.75 Å². The van der Waals surface area contributed by atoms with Crippen molar-refractivity contribution in [3.8, 4) is 5.75 Å². The maximum Gasteiger partial charge on any atom is 0.227 e. The highest BCUT2D eigenvalue weighted by molar-refractivity contribution is 6.00. The van der Waals surface area contributed by atoms with Crippen LogP contribution in [0.25, 0.3) is 0 Å². The van der Waals surface area contributed by atoms with E-state index in [4.69, 9.17) is 9.26 Å². The van der Waals surface area contributed by atoms with E-state index in [1.807, 2.05) is 12.1 Å². The third kappa shape index (κ3) is 4.17. The van der Waals surface area contributed by atoms with E-state index in [1.165, 1.54) is 0 Å². The van der Waals surface area contributed by atoms with Gasteiger partial charge in [0.1, 0.15) is 12.0 Å². The number of rotatable bonds is 7. The smallest absolute Gasteiger partial charge is 0.227 e. The fraction of sp³-hybridized carbons (Fsp3) is 0.389. The fourth-order valence-corrected chi connectivity index (χ4v) is 2.89. The van der Waals surface area contributed by atoms with Crippen molar-refractivity contribution < 1.29 is 18.8 Å². The van der Waals surface area contributed by atoms with Crippen LogP contribution in [0.15, 0.2) is 41.2 Å². The van der Waals surface area contributed by atoms with E-state index in [0.29, 0.717) is 13.1 Å². The van der Waals surface area contributed by atoms with Gasteiger partial charge in [0.2, 0.25) is 11.8 Å². The van der Waals surface area contributed by atoms with Gasteiger partial charge in [-0.15, -0.1) is 0 Å². The highest BCUT2D eigenvalue weighted by Gasteiger charge is 2.34. The Morgan fingerprint density at radius 2 is 2.20 bits per heavy atom. The first-order valence-corrected chi connectivity index (χ1v) is 8.28. The van der Waals surface area contributed by atoms with E-state index in [0.717, 1.165) is 29.8 Å². The molecular formula is C18H21N3O4. The first-order valence-electron chi connectivity index (χ1n) is 8.28. The Kier molecular flexibility index (Phi) is 5.33. The van der Waals surface area contributed by atoms with Crippen molar-refractivity contribution in [1.82, 2.24) is 10.5 Å². The Hall–Kier alpha value is -2.83. The summed E-state index contributed by atoms with van der Waals surface area (Å²) in [5, 5.41) is 6.55. The summed E-state index contributed by atoms with van der Waals surface area (Å²) in [6.07, 6.45) is 5.11. The number of nitrogens with one attached hydrogen (secondary N) is 1. The first-order chi connectivity index (χ1) is 12.2. The molecule has 1 unspecified atom stereocenters. The zero-order chi connectivity index (χ0) is 17.6. The zero-order valence-electron chi connectivity index (χ0n) is 14.1. The van der Waals surface area contributed by atoms with Gasteiger partial charge in [-0.1, -0.05) is 5.16 Å². The number of benzene rings is 1. The second kappa shape index (κ2) is 7.83. The Bertz CT molecular complexity index is 712. The molecule has 2 heterocycles. The molecule has 7 heteroatoms. The number of amides is 2. The summed E-state index contributed by atoms with van der Waals surface area (Å²) < 4.78 is 9.89. The van der Waals surface area contributed by atoms with Gasteiger partial charge in [0.25, 0.3) is 0 Å². The number of nitrogens with zero attached hydrogens (tertiary/aromatic N) is 2. The second-order valence-electron chi connectivity index (χ2n) is 6.03. The van der Waals surface area contributed by atoms with E-state index in [2.05, 4.69) is 10.5 Å². The molecule has 2 amide bonds. The molecule has 3 rings (SSSR count). The van der Waals surface area contributed by atoms with Crippen LogP contribution in [0, 0.1) is 5.92 Å². The average molecular weight is 343 g/mol. The lowest BCUT2D eigenvalue weighted by molar-refractivity contribution is -0.126. The number of carbonyl (C=O) groups is 2. The molecule has 0 aliphatic carbocycles. The predicted molar refractivity (Wildman–Crippen MR) is 91.3 cm³/mol. The number of methoxy groups -OCH3 is 1. The summed E-state index contributed by atoms with van der Waals surface area (Å²) in [6, 6.07) is 7.27. The average Bonchev–Trinajstić information content (AvgIpc) is 3.28. The van der Waals surface area contributed by atoms with Crippen molar-refractivity contribution in [2.75, 3.05) is 25.1 Å². The molecule has 1 aliphatic rings. The number of carbonyl (C=O) groups excluding carboxylic acids is 2. The van der Waals surface area contributed by atoms with Gasteiger partial charge >= 0.3 is 0 Å². The van der Waals surface area contributed by atoms with Crippen LogP contribution in [0.4, 0.5) is 5.69 Å². The largest absolute Gasteiger partial charge is 0.497 e. The second-order valence-corrected chi connectivity index (χ2v) is 6.03. The van der Waals surface area contributed by atoms with Crippen molar-refractivity contribution in [2.45, 2.75) is 19.3 Å². The maximum absolute atomic E-state index is 12.3. The zero-order valence-corrected chi connectivity index (χ0v) is 14.1. The van der Waals surface area contributed by atoms with Crippen molar-refractivity contribution >= 4 is 17.5 Å². The third-order valence-electron chi connectivity index (χ3n) is 4.30. The van der Waals surface area contributed by atoms with Gasteiger partial charge < -0.3 is 19.5 Å². The third-order valence-corrected chi connectivity index (χ3v) is 4.30. The molecule has 1 atom stereocenters. The van der Waals surface area contributed by atoms with Crippen LogP contribution in [0.2, 0.25) is 0 Å². The van der Waals surface area contributed by atoms with Gasteiger partial charge in [-0.25, -0.2) is 0 Å².